The van der Waals surface area contributed by atoms with Crippen LogP contribution in [0.1, 0.15) is 32.3 Å². The van der Waals surface area contributed by atoms with E-state index in [0.717, 1.165) is 0 Å². The maximum Gasteiger partial charge on any atom is 0.414 e. The molecule has 2 atom stereocenters. The first kappa shape index (κ1) is 29.9. The summed E-state index contributed by atoms with van der Waals surface area (Å²) < 4.78 is 39.3. The molecule has 1 N–H and O–H groups in total. The summed E-state index contributed by atoms with van der Waals surface area (Å²) in [7, 11) is -0.927. The van der Waals surface area contributed by atoms with Gasteiger partial charge in [0, 0.05) is 38.6 Å². The normalized spacial score (nSPS) is 16.4. The molecule has 41 heavy (non-hydrogen) atoms. The van der Waals surface area contributed by atoms with Gasteiger partial charge in [-0.2, -0.15) is 4.31 Å². The van der Waals surface area contributed by atoms with E-state index >= 15 is 0 Å². The van der Waals surface area contributed by atoms with Crippen molar-refractivity contribution >= 4 is 38.9 Å². The summed E-state index contributed by atoms with van der Waals surface area (Å²) in [4.78, 5) is 43.9. The highest BCUT2D eigenvalue weighted by Gasteiger charge is 2.41. The van der Waals surface area contributed by atoms with Gasteiger partial charge in [-0.15, -0.1) is 0 Å². The number of fused-ring (bicyclic) bond motifs is 1. The molecule has 12 heteroatoms. The summed E-state index contributed by atoms with van der Waals surface area (Å²) in [5.74, 6) is -0.892. The Balaban J connectivity index is 1.54. The molecule has 2 amide bonds. The molecule has 0 saturated carbocycles. The van der Waals surface area contributed by atoms with Crippen molar-refractivity contribution in [3.05, 3.63) is 66.4 Å². The Hall–Kier alpha value is -4.03. The fraction of sp³-hybridized carbons (Fsp3) is 0.379. The number of nitrogens with one attached hydrogen (secondary N) is 1. The second kappa shape index (κ2) is 12.6. The maximum absolute atomic E-state index is 13.7. The minimum absolute atomic E-state index is 0.0288. The van der Waals surface area contributed by atoms with Crippen molar-refractivity contribution in [1.29, 1.82) is 0 Å². The second-order valence-electron chi connectivity index (χ2n) is 10.3. The average Bonchev–Trinajstić information content (AvgIpc) is 3.44. The van der Waals surface area contributed by atoms with Crippen LogP contribution in [0, 0.1) is 0 Å². The maximum atomic E-state index is 13.7. The monoisotopic (exact) mass is 582 g/mol. The highest BCUT2D eigenvalue weighted by molar-refractivity contribution is 7.89. The SMILES string of the molecule is CC(C)OC(=O)[C@H](Cc1ccc(OC(=O)N(C)C)cc1)NC(=O)[C@@H]1CCCN1S(=O)(=O)c1cccc2cccnc12. The van der Waals surface area contributed by atoms with Gasteiger partial charge in [-0.25, -0.2) is 18.0 Å². The van der Waals surface area contributed by atoms with Crippen molar-refractivity contribution in [2.24, 2.45) is 0 Å². The van der Waals surface area contributed by atoms with Gasteiger partial charge in [-0.1, -0.05) is 30.3 Å². The topological polar surface area (TPSA) is 135 Å². The lowest BCUT2D eigenvalue weighted by atomic mass is 10.0. The Morgan fingerprint density at radius 3 is 2.46 bits per heavy atom. The number of benzene rings is 2. The Morgan fingerprint density at radius 2 is 1.78 bits per heavy atom. The van der Waals surface area contributed by atoms with E-state index in [4.69, 9.17) is 9.47 Å². The van der Waals surface area contributed by atoms with Crippen LogP contribution in [0.25, 0.3) is 10.9 Å². The van der Waals surface area contributed by atoms with Gasteiger partial charge < -0.3 is 19.7 Å². The number of nitrogens with zero attached hydrogens (tertiary/aromatic N) is 3. The van der Waals surface area contributed by atoms with Crippen LogP contribution >= 0.6 is 0 Å². The molecule has 1 aliphatic heterocycles. The fourth-order valence-electron chi connectivity index (χ4n) is 4.60. The molecule has 0 spiro atoms. The molecule has 1 aliphatic rings. The first-order chi connectivity index (χ1) is 19.5. The van der Waals surface area contributed by atoms with Crippen LogP contribution in [-0.4, -0.2) is 79.4 Å². The van der Waals surface area contributed by atoms with E-state index in [2.05, 4.69) is 10.3 Å². The summed E-state index contributed by atoms with van der Waals surface area (Å²) in [6, 6.07) is 12.9. The number of aromatic nitrogens is 1. The predicted molar refractivity (Wildman–Crippen MR) is 152 cm³/mol. The number of carbonyl (C=O) groups excluding carboxylic acids is 3. The lowest BCUT2D eigenvalue weighted by molar-refractivity contribution is -0.151. The van der Waals surface area contributed by atoms with Gasteiger partial charge in [-0.3, -0.25) is 9.78 Å². The third kappa shape index (κ3) is 7.01. The second-order valence-corrected chi connectivity index (χ2v) is 12.1. The third-order valence-corrected chi connectivity index (χ3v) is 8.51. The lowest BCUT2D eigenvalue weighted by Gasteiger charge is -2.26. The number of carbonyl (C=O) groups is 3. The summed E-state index contributed by atoms with van der Waals surface area (Å²) in [6.45, 7) is 3.57. The van der Waals surface area contributed by atoms with E-state index < -0.39 is 46.2 Å². The molecular formula is C29H34N4O7S. The molecule has 0 bridgehead atoms. The first-order valence-corrected chi connectivity index (χ1v) is 14.8. The van der Waals surface area contributed by atoms with Crippen molar-refractivity contribution in [2.45, 2.75) is 56.2 Å². The van der Waals surface area contributed by atoms with Gasteiger partial charge in [0.2, 0.25) is 15.9 Å². The first-order valence-electron chi connectivity index (χ1n) is 13.3. The molecule has 4 rings (SSSR count). The molecule has 0 unspecified atom stereocenters. The molecule has 3 aromatic rings. The van der Waals surface area contributed by atoms with E-state index in [0.29, 0.717) is 35.1 Å². The Bertz CT molecular complexity index is 1520. The van der Waals surface area contributed by atoms with Crippen LogP contribution in [-0.2, 0) is 30.8 Å². The van der Waals surface area contributed by atoms with Crippen molar-refractivity contribution in [2.75, 3.05) is 20.6 Å². The minimum atomic E-state index is -4.07. The number of pyridine rings is 1. The number of esters is 1. The summed E-state index contributed by atoms with van der Waals surface area (Å²) in [5, 5.41) is 3.41. The summed E-state index contributed by atoms with van der Waals surface area (Å²) in [6.07, 6.45) is 1.46. The average molecular weight is 583 g/mol. The number of hydrogen-bond acceptors (Lipinski definition) is 8. The van der Waals surface area contributed by atoms with Gasteiger partial charge in [-0.05, 0) is 56.5 Å². The number of hydrogen-bond donors (Lipinski definition) is 1. The van der Waals surface area contributed by atoms with Crippen molar-refractivity contribution < 1.29 is 32.3 Å². The van der Waals surface area contributed by atoms with E-state index in [9.17, 15) is 22.8 Å². The van der Waals surface area contributed by atoms with E-state index in [-0.39, 0.29) is 17.9 Å². The smallest absolute Gasteiger partial charge is 0.414 e. The lowest BCUT2D eigenvalue weighted by Crippen LogP contribution is -2.52. The molecule has 0 aliphatic carbocycles. The zero-order chi connectivity index (χ0) is 29.7. The fourth-order valence-corrected chi connectivity index (χ4v) is 6.42. The van der Waals surface area contributed by atoms with E-state index in [1.54, 1.807) is 76.5 Å². The number of sulfonamides is 1. The summed E-state index contributed by atoms with van der Waals surface area (Å²) in [5.41, 5.74) is 1.01. The van der Waals surface area contributed by atoms with Crippen molar-refractivity contribution in [3.63, 3.8) is 0 Å². The van der Waals surface area contributed by atoms with Crippen LogP contribution in [0.2, 0.25) is 0 Å². The van der Waals surface area contributed by atoms with Crippen molar-refractivity contribution in [3.8, 4) is 5.75 Å². The quantitative estimate of drug-likeness (QED) is 0.380. The van der Waals surface area contributed by atoms with Gasteiger partial charge in [0.25, 0.3) is 0 Å². The van der Waals surface area contributed by atoms with Crippen LogP contribution in [0.3, 0.4) is 0 Å². The molecule has 1 saturated heterocycles. The number of rotatable bonds is 9. The van der Waals surface area contributed by atoms with Gasteiger partial charge >= 0.3 is 12.1 Å². The highest BCUT2D eigenvalue weighted by Crippen LogP contribution is 2.30. The highest BCUT2D eigenvalue weighted by atomic mass is 32.2. The molecule has 11 nitrogen and oxygen atoms in total. The standard InChI is InChI=1S/C29H34N4O7S/c1-19(2)39-28(35)23(18-20-12-14-22(15-13-20)40-29(36)32(3)4)31-27(34)24-10-7-17-33(24)41(37,38)25-11-5-8-21-9-6-16-30-26(21)25/h5-6,8-9,11-16,19,23-24H,7,10,17-18H2,1-4H3,(H,31,34)/t23-,24-/m0/s1. The summed E-state index contributed by atoms with van der Waals surface area (Å²) >= 11 is 0. The third-order valence-electron chi connectivity index (χ3n) is 6.58. The molecule has 218 valence electrons. The largest absolute Gasteiger partial charge is 0.461 e. The van der Waals surface area contributed by atoms with Crippen molar-refractivity contribution in [1.82, 2.24) is 19.5 Å². The number of ether oxygens (including phenoxy) is 2. The van der Waals surface area contributed by atoms with Crippen LogP contribution in [0.4, 0.5) is 4.79 Å². The van der Waals surface area contributed by atoms with Crippen LogP contribution in [0.15, 0.2) is 65.7 Å². The molecule has 1 aromatic heterocycles. The van der Waals surface area contributed by atoms with E-state index in [1.165, 1.54) is 21.5 Å². The Kier molecular flexibility index (Phi) is 9.24. The zero-order valence-corrected chi connectivity index (χ0v) is 24.3. The molecular weight excluding hydrogens is 548 g/mol. The molecule has 1 fully saturated rings. The minimum Gasteiger partial charge on any atom is -0.461 e. The molecule has 2 heterocycles. The van der Waals surface area contributed by atoms with Crippen LogP contribution in [0.5, 0.6) is 5.75 Å². The van der Waals surface area contributed by atoms with Gasteiger partial charge in [0.15, 0.2) is 0 Å². The van der Waals surface area contributed by atoms with E-state index in [1.807, 2.05) is 0 Å². The number of amides is 2. The molecule has 0 radical (unpaired) electrons. The number of para-hydroxylation sites is 1. The van der Waals surface area contributed by atoms with Crippen LogP contribution < -0.4 is 10.1 Å². The van der Waals surface area contributed by atoms with Gasteiger partial charge in [0.05, 0.1) is 11.6 Å². The Morgan fingerprint density at radius 1 is 1.07 bits per heavy atom. The Labute approximate surface area is 239 Å². The molecule has 2 aromatic carbocycles. The zero-order valence-electron chi connectivity index (χ0n) is 23.4. The van der Waals surface area contributed by atoms with Gasteiger partial charge in [0.1, 0.15) is 22.7 Å². The predicted octanol–water partition coefficient (Wildman–Crippen LogP) is 3.13.